The number of hydrogen-bond acceptors (Lipinski definition) is 4. The molecule has 5 nitrogen and oxygen atoms in total. The van der Waals surface area contributed by atoms with Crippen molar-refractivity contribution in [2.45, 2.75) is 13.5 Å². The van der Waals surface area contributed by atoms with Gasteiger partial charge in [-0.1, -0.05) is 6.07 Å². The molecule has 0 aliphatic carbocycles. The lowest BCUT2D eigenvalue weighted by Crippen LogP contribution is -2.31. The molecule has 0 spiro atoms. The summed E-state index contributed by atoms with van der Waals surface area (Å²) in [5.41, 5.74) is 1.24. The van der Waals surface area contributed by atoms with E-state index in [0.717, 1.165) is 5.56 Å². The highest BCUT2D eigenvalue weighted by Crippen LogP contribution is 2.23. The van der Waals surface area contributed by atoms with Crippen molar-refractivity contribution >= 4 is 18.6 Å². The number of carbonyl (C=O) groups is 1. The fraction of sp³-hybridized carbons (Fsp3) is 0.300. The van der Waals surface area contributed by atoms with Gasteiger partial charge in [-0.3, -0.25) is 0 Å². The van der Waals surface area contributed by atoms with Crippen LogP contribution in [0.3, 0.4) is 0 Å². The van der Waals surface area contributed by atoms with Crippen molar-refractivity contribution in [2.24, 2.45) is 0 Å². The Hall–Kier alpha value is -1.53. The zero-order valence-electron chi connectivity index (χ0n) is 8.77. The van der Waals surface area contributed by atoms with Gasteiger partial charge in [0.2, 0.25) is 0 Å². The Kier molecular flexibility index (Phi) is 2.85. The second kappa shape index (κ2) is 4.15. The number of carboxylic acids is 1. The molecule has 1 aromatic carbocycles. The van der Waals surface area contributed by atoms with E-state index in [1.54, 1.807) is 13.0 Å². The van der Waals surface area contributed by atoms with Crippen molar-refractivity contribution in [3.05, 3.63) is 23.3 Å². The van der Waals surface area contributed by atoms with E-state index in [1.165, 1.54) is 6.07 Å². The molecule has 0 saturated heterocycles. The maximum atomic E-state index is 11.0. The minimum atomic E-state index is -1.10. The monoisotopic (exact) mass is 222 g/mol. The van der Waals surface area contributed by atoms with Crippen molar-refractivity contribution in [1.82, 2.24) is 0 Å². The van der Waals surface area contributed by atoms with Crippen LogP contribution in [0.2, 0.25) is 0 Å². The topological polar surface area (TPSA) is 76.0 Å². The Bertz CT molecular complexity index is 431. The van der Waals surface area contributed by atoms with E-state index in [4.69, 9.17) is 14.5 Å². The Morgan fingerprint density at radius 2 is 2.38 bits per heavy atom. The van der Waals surface area contributed by atoms with E-state index in [2.05, 4.69) is 0 Å². The molecule has 16 heavy (non-hydrogen) atoms. The highest BCUT2D eigenvalue weighted by atomic mass is 16.5. The summed E-state index contributed by atoms with van der Waals surface area (Å²) in [6.07, 6.45) is 0. The molecule has 0 bridgehead atoms. The van der Waals surface area contributed by atoms with Crippen molar-refractivity contribution in [1.29, 1.82) is 0 Å². The average molecular weight is 222 g/mol. The van der Waals surface area contributed by atoms with Gasteiger partial charge in [0.25, 0.3) is 0 Å². The summed E-state index contributed by atoms with van der Waals surface area (Å²) in [4.78, 5) is 11.0. The first-order valence-corrected chi connectivity index (χ1v) is 4.96. The number of carboxylic acid groups (broad SMARTS) is 1. The predicted molar refractivity (Wildman–Crippen MR) is 57.0 cm³/mol. The van der Waals surface area contributed by atoms with Crippen LogP contribution in [0.5, 0.6) is 5.75 Å². The minimum absolute atomic E-state index is 0.0464. The fourth-order valence-corrected chi connectivity index (χ4v) is 1.76. The van der Waals surface area contributed by atoms with Crippen LogP contribution in [-0.4, -0.2) is 29.8 Å². The molecule has 0 atom stereocenters. The standard InChI is InChI=1S/C10H11BO5/c1-2-15-9-7(10(12)13)4-3-6-5-16-11(14)8(6)9/h3-4,14H,2,5H2,1H3,(H,12,13). The first-order valence-electron chi connectivity index (χ1n) is 4.96. The van der Waals surface area contributed by atoms with Crippen LogP contribution < -0.4 is 10.2 Å². The molecule has 0 unspecified atom stereocenters. The van der Waals surface area contributed by atoms with Gasteiger partial charge in [-0.05, 0) is 18.6 Å². The molecule has 0 saturated carbocycles. The molecule has 1 aromatic rings. The zero-order valence-corrected chi connectivity index (χ0v) is 8.77. The molecule has 6 heteroatoms. The van der Waals surface area contributed by atoms with E-state index >= 15 is 0 Å². The average Bonchev–Trinajstić information content (AvgIpc) is 2.61. The van der Waals surface area contributed by atoms with Gasteiger partial charge < -0.3 is 19.5 Å². The van der Waals surface area contributed by atoms with Gasteiger partial charge in [-0.2, -0.15) is 0 Å². The highest BCUT2D eigenvalue weighted by Gasteiger charge is 2.33. The molecule has 0 radical (unpaired) electrons. The molecule has 2 rings (SSSR count). The number of aromatic carboxylic acids is 1. The van der Waals surface area contributed by atoms with E-state index < -0.39 is 13.1 Å². The van der Waals surface area contributed by atoms with Crippen LogP contribution in [0, 0.1) is 0 Å². The van der Waals surface area contributed by atoms with E-state index in [-0.39, 0.29) is 17.9 Å². The van der Waals surface area contributed by atoms with Gasteiger partial charge >= 0.3 is 13.1 Å². The van der Waals surface area contributed by atoms with Crippen LogP contribution >= 0.6 is 0 Å². The lowest BCUT2D eigenvalue weighted by atomic mass is 9.77. The number of benzene rings is 1. The van der Waals surface area contributed by atoms with Crippen LogP contribution in [0.15, 0.2) is 12.1 Å². The maximum absolute atomic E-state index is 11.0. The summed E-state index contributed by atoms with van der Waals surface area (Å²) in [6.45, 7) is 2.37. The van der Waals surface area contributed by atoms with E-state index in [9.17, 15) is 9.82 Å². The Morgan fingerprint density at radius 3 is 3.00 bits per heavy atom. The number of fused-ring (bicyclic) bond motifs is 1. The Balaban J connectivity index is 2.58. The first kappa shape index (κ1) is 11.0. The van der Waals surface area contributed by atoms with Gasteiger partial charge in [0.1, 0.15) is 11.3 Å². The maximum Gasteiger partial charge on any atom is 0.495 e. The minimum Gasteiger partial charge on any atom is -0.493 e. The molecule has 1 heterocycles. The SMILES string of the molecule is CCOc1c(C(=O)O)ccc2c1B(O)OC2. The van der Waals surface area contributed by atoms with Crippen molar-refractivity contribution in [2.75, 3.05) is 6.61 Å². The molecule has 1 aliphatic heterocycles. The van der Waals surface area contributed by atoms with Crippen molar-refractivity contribution < 1.29 is 24.3 Å². The van der Waals surface area contributed by atoms with Gasteiger partial charge in [0.15, 0.2) is 0 Å². The Morgan fingerprint density at radius 1 is 1.62 bits per heavy atom. The number of ether oxygens (including phenoxy) is 1. The second-order valence-electron chi connectivity index (χ2n) is 3.42. The van der Waals surface area contributed by atoms with Crippen molar-refractivity contribution in [3.8, 4) is 5.75 Å². The largest absolute Gasteiger partial charge is 0.495 e. The lowest BCUT2D eigenvalue weighted by Gasteiger charge is -2.11. The highest BCUT2D eigenvalue weighted by molar-refractivity contribution is 6.62. The van der Waals surface area contributed by atoms with Crippen LogP contribution in [0.1, 0.15) is 22.8 Å². The van der Waals surface area contributed by atoms with Crippen LogP contribution in [0.25, 0.3) is 0 Å². The summed E-state index contributed by atoms with van der Waals surface area (Å²) >= 11 is 0. The summed E-state index contributed by atoms with van der Waals surface area (Å²) in [7, 11) is -1.10. The number of rotatable bonds is 3. The molecule has 0 fully saturated rings. The van der Waals surface area contributed by atoms with Gasteiger partial charge in [-0.25, -0.2) is 4.79 Å². The smallest absolute Gasteiger partial charge is 0.493 e. The number of hydrogen-bond donors (Lipinski definition) is 2. The van der Waals surface area contributed by atoms with Crippen LogP contribution in [0.4, 0.5) is 0 Å². The lowest BCUT2D eigenvalue weighted by molar-refractivity contribution is 0.0693. The molecule has 2 N–H and O–H groups in total. The zero-order chi connectivity index (χ0) is 11.7. The second-order valence-corrected chi connectivity index (χ2v) is 3.42. The summed E-state index contributed by atoms with van der Waals surface area (Å²) in [5.74, 6) is -0.872. The van der Waals surface area contributed by atoms with Gasteiger partial charge in [-0.15, -0.1) is 0 Å². The quantitative estimate of drug-likeness (QED) is 0.704. The summed E-state index contributed by atoms with van der Waals surface area (Å²) in [6, 6.07) is 3.10. The van der Waals surface area contributed by atoms with Gasteiger partial charge in [0.05, 0.1) is 13.2 Å². The Labute approximate surface area is 92.8 Å². The molecular formula is C10H11BO5. The first-order chi connectivity index (χ1) is 7.65. The molecule has 84 valence electrons. The summed E-state index contributed by atoms with van der Waals surface area (Å²) < 4.78 is 10.3. The molecule has 0 aromatic heterocycles. The normalized spacial score (nSPS) is 13.8. The molecule has 1 aliphatic rings. The third kappa shape index (κ3) is 1.66. The van der Waals surface area contributed by atoms with E-state index in [1.807, 2.05) is 0 Å². The van der Waals surface area contributed by atoms with Gasteiger partial charge in [0, 0.05) is 5.46 Å². The predicted octanol–water partition coefficient (Wildman–Crippen LogP) is 0.00120. The fourth-order valence-electron chi connectivity index (χ4n) is 1.76. The third-order valence-electron chi connectivity index (χ3n) is 2.45. The molecular weight excluding hydrogens is 211 g/mol. The third-order valence-corrected chi connectivity index (χ3v) is 2.45. The summed E-state index contributed by atoms with van der Waals surface area (Å²) in [5, 5.41) is 18.6. The van der Waals surface area contributed by atoms with Crippen molar-refractivity contribution in [3.63, 3.8) is 0 Å². The van der Waals surface area contributed by atoms with Crippen LogP contribution in [-0.2, 0) is 11.3 Å². The van der Waals surface area contributed by atoms with E-state index in [0.29, 0.717) is 12.1 Å². The molecule has 0 amide bonds.